The van der Waals surface area contributed by atoms with Gasteiger partial charge in [-0.25, -0.2) is 0 Å². The Kier molecular flexibility index (Phi) is 4.12. The van der Waals surface area contributed by atoms with Crippen LogP contribution in [0.5, 0.6) is 0 Å². The zero-order valence-corrected chi connectivity index (χ0v) is 14.4. The summed E-state index contributed by atoms with van der Waals surface area (Å²) in [4.78, 5) is 38.8. The second-order valence-electron chi connectivity index (χ2n) is 6.97. The lowest BCUT2D eigenvalue weighted by Gasteiger charge is -2.38. The fourth-order valence-corrected chi connectivity index (χ4v) is 4.45. The van der Waals surface area contributed by atoms with Crippen molar-refractivity contribution < 1.29 is 14.4 Å². The van der Waals surface area contributed by atoms with Crippen LogP contribution in [-0.2, 0) is 14.4 Å². The van der Waals surface area contributed by atoms with Crippen molar-refractivity contribution in [1.82, 2.24) is 4.90 Å². The van der Waals surface area contributed by atoms with Gasteiger partial charge >= 0.3 is 0 Å². The molecule has 5 nitrogen and oxygen atoms in total. The molecule has 1 saturated heterocycles. The van der Waals surface area contributed by atoms with E-state index in [1.807, 2.05) is 0 Å². The van der Waals surface area contributed by atoms with Gasteiger partial charge < -0.3 is 5.32 Å². The number of nitrogens with zero attached hydrogens (tertiary/aromatic N) is 1. The van der Waals surface area contributed by atoms with Crippen LogP contribution in [0.2, 0.25) is 5.02 Å². The SMILES string of the molecule is O=C(CCN1C(=O)C2C3C=CC(CC3)C2C1=O)Nc1ccc(Cl)cc1. The van der Waals surface area contributed by atoms with Crippen molar-refractivity contribution in [3.63, 3.8) is 0 Å². The number of allylic oxidation sites excluding steroid dienone is 2. The van der Waals surface area contributed by atoms with Gasteiger partial charge in [0, 0.05) is 23.7 Å². The van der Waals surface area contributed by atoms with E-state index in [1.165, 1.54) is 4.90 Å². The number of carbonyl (C=O) groups excluding carboxylic acids is 3. The second kappa shape index (κ2) is 6.30. The minimum Gasteiger partial charge on any atom is -0.326 e. The lowest BCUT2D eigenvalue weighted by molar-refractivity contribution is -0.140. The van der Waals surface area contributed by atoms with Gasteiger partial charge in [0.25, 0.3) is 0 Å². The topological polar surface area (TPSA) is 66.5 Å². The number of carbonyl (C=O) groups is 3. The van der Waals surface area contributed by atoms with E-state index < -0.39 is 0 Å². The number of imide groups is 1. The maximum atomic E-state index is 12.7. The number of nitrogens with one attached hydrogen (secondary N) is 1. The van der Waals surface area contributed by atoms with Crippen LogP contribution in [0.3, 0.4) is 0 Å². The summed E-state index contributed by atoms with van der Waals surface area (Å²) in [5.74, 6) is -0.495. The van der Waals surface area contributed by atoms with E-state index >= 15 is 0 Å². The summed E-state index contributed by atoms with van der Waals surface area (Å²) in [7, 11) is 0. The molecule has 1 aromatic rings. The largest absolute Gasteiger partial charge is 0.326 e. The summed E-state index contributed by atoms with van der Waals surface area (Å²) in [5, 5.41) is 3.35. The highest BCUT2D eigenvalue weighted by atomic mass is 35.5. The molecule has 1 aliphatic heterocycles. The van der Waals surface area contributed by atoms with Crippen molar-refractivity contribution in [2.75, 3.05) is 11.9 Å². The number of fused-ring (bicyclic) bond motifs is 1. The Labute approximate surface area is 151 Å². The summed E-state index contributed by atoms with van der Waals surface area (Å²) >= 11 is 5.82. The van der Waals surface area contributed by atoms with E-state index in [9.17, 15) is 14.4 Å². The quantitative estimate of drug-likeness (QED) is 0.664. The van der Waals surface area contributed by atoms with Crippen molar-refractivity contribution in [1.29, 1.82) is 0 Å². The maximum Gasteiger partial charge on any atom is 0.233 e. The van der Waals surface area contributed by atoms with Gasteiger partial charge in [-0.15, -0.1) is 0 Å². The molecule has 2 bridgehead atoms. The number of halogens is 1. The molecule has 0 aromatic heterocycles. The first kappa shape index (κ1) is 16.3. The van der Waals surface area contributed by atoms with Crippen molar-refractivity contribution >= 4 is 35.0 Å². The first-order valence-corrected chi connectivity index (χ1v) is 9.01. The molecule has 4 aliphatic rings. The first-order chi connectivity index (χ1) is 12.0. The van der Waals surface area contributed by atoms with Crippen LogP contribution < -0.4 is 5.32 Å². The summed E-state index contributed by atoms with van der Waals surface area (Å²) < 4.78 is 0. The molecule has 5 rings (SSSR count). The summed E-state index contributed by atoms with van der Waals surface area (Å²) in [6, 6.07) is 6.81. The molecule has 1 aromatic carbocycles. The number of likely N-dealkylation sites (tertiary alicyclic amines) is 1. The van der Waals surface area contributed by atoms with Crippen LogP contribution in [0.15, 0.2) is 36.4 Å². The zero-order chi connectivity index (χ0) is 17.6. The number of rotatable bonds is 4. The van der Waals surface area contributed by atoms with Crippen LogP contribution in [0.1, 0.15) is 19.3 Å². The fourth-order valence-electron chi connectivity index (χ4n) is 4.33. The minimum absolute atomic E-state index is 0.0995. The average molecular weight is 359 g/mol. The predicted octanol–water partition coefficient (Wildman–Crippen LogP) is 2.87. The van der Waals surface area contributed by atoms with Crippen molar-refractivity contribution in [2.45, 2.75) is 19.3 Å². The van der Waals surface area contributed by atoms with Gasteiger partial charge in [0.05, 0.1) is 11.8 Å². The standard InChI is InChI=1S/C19H19ClN2O3/c20-13-5-7-14(8-6-13)21-15(23)9-10-22-18(24)16-11-1-2-12(4-3-11)17(16)19(22)25/h1-2,5-8,11-12,16-17H,3-4,9-10H2,(H,21,23). The van der Waals surface area contributed by atoms with Crippen molar-refractivity contribution in [3.8, 4) is 0 Å². The Morgan fingerprint density at radius 3 is 2.12 bits per heavy atom. The molecular weight excluding hydrogens is 340 g/mol. The van der Waals surface area contributed by atoms with Gasteiger partial charge in [-0.05, 0) is 48.9 Å². The normalized spacial score (nSPS) is 29.9. The Morgan fingerprint density at radius 2 is 1.60 bits per heavy atom. The molecule has 2 fully saturated rings. The Hall–Kier alpha value is -2.14. The van der Waals surface area contributed by atoms with Crippen LogP contribution in [0.25, 0.3) is 0 Å². The molecule has 1 N–H and O–H groups in total. The maximum absolute atomic E-state index is 12.7. The second-order valence-corrected chi connectivity index (χ2v) is 7.41. The predicted molar refractivity (Wildman–Crippen MR) is 93.8 cm³/mol. The highest BCUT2D eigenvalue weighted by molar-refractivity contribution is 6.30. The number of hydrogen-bond donors (Lipinski definition) is 1. The smallest absolute Gasteiger partial charge is 0.233 e. The van der Waals surface area contributed by atoms with Gasteiger partial charge in [0.2, 0.25) is 17.7 Å². The number of benzene rings is 1. The third-order valence-electron chi connectivity index (χ3n) is 5.54. The molecular formula is C19H19ClN2O3. The molecule has 0 radical (unpaired) electrons. The van der Waals surface area contributed by atoms with E-state index in [-0.39, 0.29) is 54.4 Å². The minimum atomic E-state index is -0.223. The van der Waals surface area contributed by atoms with Gasteiger partial charge in [-0.3, -0.25) is 19.3 Å². The molecule has 3 aliphatic carbocycles. The van der Waals surface area contributed by atoms with E-state index in [4.69, 9.17) is 11.6 Å². The highest BCUT2D eigenvalue weighted by Gasteiger charge is 2.56. The van der Waals surface area contributed by atoms with Crippen LogP contribution in [0, 0.1) is 23.7 Å². The van der Waals surface area contributed by atoms with E-state index in [2.05, 4.69) is 17.5 Å². The average Bonchev–Trinajstić information content (AvgIpc) is 2.89. The van der Waals surface area contributed by atoms with Crippen LogP contribution in [-0.4, -0.2) is 29.2 Å². The molecule has 0 spiro atoms. The summed E-state index contributed by atoms with van der Waals surface area (Å²) in [6.45, 7) is 0.142. The number of amides is 3. The van der Waals surface area contributed by atoms with Crippen molar-refractivity contribution in [2.24, 2.45) is 23.7 Å². The third-order valence-corrected chi connectivity index (χ3v) is 5.79. The van der Waals surface area contributed by atoms with Gasteiger partial charge in [0.15, 0.2) is 0 Å². The molecule has 25 heavy (non-hydrogen) atoms. The van der Waals surface area contributed by atoms with Crippen LogP contribution in [0.4, 0.5) is 5.69 Å². The van der Waals surface area contributed by atoms with E-state index in [0.29, 0.717) is 10.7 Å². The molecule has 4 unspecified atom stereocenters. The lowest BCUT2D eigenvalue weighted by Crippen LogP contribution is -2.38. The summed E-state index contributed by atoms with van der Waals surface area (Å²) in [5.41, 5.74) is 0.643. The van der Waals surface area contributed by atoms with Gasteiger partial charge in [-0.1, -0.05) is 23.8 Å². The van der Waals surface area contributed by atoms with Gasteiger partial charge in [0.1, 0.15) is 0 Å². The van der Waals surface area contributed by atoms with Gasteiger partial charge in [-0.2, -0.15) is 0 Å². The highest BCUT2D eigenvalue weighted by Crippen LogP contribution is 2.49. The molecule has 4 atom stereocenters. The molecule has 3 amide bonds. The lowest BCUT2D eigenvalue weighted by atomic mass is 9.63. The van der Waals surface area contributed by atoms with Crippen LogP contribution >= 0.6 is 11.6 Å². The Bertz CT molecular complexity index is 726. The first-order valence-electron chi connectivity index (χ1n) is 8.63. The number of anilines is 1. The fraction of sp³-hybridized carbons (Fsp3) is 0.421. The van der Waals surface area contributed by atoms with E-state index in [1.54, 1.807) is 24.3 Å². The molecule has 1 heterocycles. The van der Waals surface area contributed by atoms with Crippen molar-refractivity contribution in [3.05, 3.63) is 41.4 Å². The zero-order valence-electron chi connectivity index (χ0n) is 13.7. The summed E-state index contributed by atoms with van der Waals surface area (Å²) in [6.07, 6.45) is 6.25. The number of hydrogen-bond acceptors (Lipinski definition) is 3. The molecule has 1 saturated carbocycles. The monoisotopic (exact) mass is 358 g/mol. The third kappa shape index (κ3) is 2.86. The Balaban J connectivity index is 1.38. The Morgan fingerprint density at radius 1 is 1.04 bits per heavy atom. The molecule has 6 heteroatoms. The molecule has 130 valence electrons. The van der Waals surface area contributed by atoms with E-state index in [0.717, 1.165) is 12.8 Å².